The van der Waals surface area contributed by atoms with Gasteiger partial charge < -0.3 is 21.1 Å². The number of likely N-dealkylation sites (tertiary alicyclic amines) is 1. The van der Waals surface area contributed by atoms with E-state index in [0.29, 0.717) is 13.0 Å². The van der Waals surface area contributed by atoms with Crippen LogP contribution in [-0.2, 0) is 14.4 Å². The maximum Gasteiger partial charge on any atom is 0.322 e. The van der Waals surface area contributed by atoms with E-state index in [4.69, 9.17) is 10.8 Å². The van der Waals surface area contributed by atoms with Crippen molar-refractivity contribution in [1.29, 1.82) is 0 Å². The molecular weight excluding hydrogens is 262 g/mol. The second kappa shape index (κ2) is 7.23. The predicted molar refractivity (Wildman–Crippen MR) is 72.8 cm³/mol. The largest absolute Gasteiger partial charge is 0.480 e. The minimum absolute atomic E-state index is 0.0471. The first kappa shape index (κ1) is 16.4. The van der Waals surface area contributed by atoms with Crippen LogP contribution in [0.25, 0.3) is 0 Å². The number of carboxylic acids is 1. The van der Waals surface area contributed by atoms with Crippen molar-refractivity contribution in [3.8, 4) is 0 Å². The Morgan fingerprint density at radius 3 is 2.65 bits per heavy atom. The van der Waals surface area contributed by atoms with E-state index >= 15 is 0 Å². The highest BCUT2D eigenvalue weighted by Gasteiger charge is 2.37. The molecule has 20 heavy (non-hydrogen) atoms. The first-order valence-corrected chi connectivity index (χ1v) is 6.94. The molecule has 0 saturated carbocycles. The quantitative estimate of drug-likeness (QED) is 0.612. The van der Waals surface area contributed by atoms with Crippen LogP contribution in [0.4, 0.5) is 0 Å². The summed E-state index contributed by atoms with van der Waals surface area (Å²) in [7, 11) is 0. The van der Waals surface area contributed by atoms with E-state index in [1.807, 2.05) is 13.8 Å². The fourth-order valence-electron chi connectivity index (χ4n) is 2.27. The van der Waals surface area contributed by atoms with Crippen LogP contribution in [0.15, 0.2) is 0 Å². The van der Waals surface area contributed by atoms with Gasteiger partial charge in [0.1, 0.15) is 12.6 Å². The molecule has 4 N–H and O–H groups in total. The number of carbonyl (C=O) groups excluding carboxylic acids is 2. The molecule has 2 amide bonds. The molecule has 0 radical (unpaired) electrons. The molecule has 0 aliphatic carbocycles. The van der Waals surface area contributed by atoms with Crippen molar-refractivity contribution in [3.63, 3.8) is 0 Å². The Kier molecular flexibility index (Phi) is 5.94. The van der Waals surface area contributed by atoms with Gasteiger partial charge in [-0.3, -0.25) is 14.4 Å². The van der Waals surface area contributed by atoms with E-state index in [-0.39, 0.29) is 11.8 Å². The fourth-order valence-corrected chi connectivity index (χ4v) is 2.27. The molecule has 0 aromatic heterocycles. The molecular formula is C13H23N3O4. The number of rotatable bonds is 6. The molecule has 7 heteroatoms. The summed E-state index contributed by atoms with van der Waals surface area (Å²) in [5, 5.41) is 10.9. The average Bonchev–Trinajstić information content (AvgIpc) is 2.91. The third kappa shape index (κ3) is 3.93. The normalized spacial score (nSPS) is 21.4. The van der Waals surface area contributed by atoms with Crippen molar-refractivity contribution in [3.05, 3.63) is 0 Å². The Morgan fingerprint density at radius 2 is 2.10 bits per heavy atom. The van der Waals surface area contributed by atoms with E-state index in [0.717, 1.165) is 12.8 Å². The summed E-state index contributed by atoms with van der Waals surface area (Å²) < 4.78 is 0. The average molecular weight is 285 g/mol. The van der Waals surface area contributed by atoms with Crippen LogP contribution in [0.1, 0.15) is 33.1 Å². The second-order valence-electron chi connectivity index (χ2n) is 5.21. The third-order valence-corrected chi connectivity index (χ3v) is 3.79. The molecule has 3 unspecified atom stereocenters. The van der Waals surface area contributed by atoms with Crippen molar-refractivity contribution in [2.75, 3.05) is 13.1 Å². The Bertz CT molecular complexity index is 386. The van der Waals surface area contributed by atoms with Gasteiger partial charge in [0.15, 0.2) is 0 Å². The van der Waals surface area contributed by atoms with Gasteiger partial charge in [0.2, 0.25) is 11.8 Å². The predicted octanol–water partition coefficient (Wildman–Crippen LogP) is -0.448. The van der Waals surface area contributed by atoms with E-state index in [1.165, 1.54) is 4.90 Å². The van der Waals surface area contributed by atoms with Gasteiger partial charge in [-0.15, -0.1) is 0 Å². The Hall–Kier alpha value is -1.63. The van der Waals surface area contributed by atoms with Gasteiger partial charge in [-0.1, -0.05) is 20.3 Å². The molecule has 0 aromatic rings. The number of carbonyl (C=O) groups is 3. The standard InChI is InChI=1S/C13H23N3O4/c1-3-8(2)11(14)13(20)16-6-4-5-9(16)12(19)15-7-10(17)18/h8-9,11H,3-7,14H2,1-2H3,(H,15,19)(H,17,18). The SMILES string of the molecule is CCC(C)C(N)C(=O)N1CCCC1C(=O)NCC(=O)O. The van der Waals surface area contributed by atoms with Gasteiger partial charge in [-0.05, 0) is 18.8 Å². The molecule has 0 spiro atoms. The van der Waals surface area contributed by atoms with E-state index in [9.17, 15) is 14.4 Å². The zero-order valence-electron chi connectivity index (χ0n) is 12.0. The molecule has 1 rings (SSSR count). The molecule has 7 nitrogen and oxygen atoms in total. The van der Waals surface area contributed by atoms with Gasteiger partial charge in [0.25, 0.3) is 0 Å². The molecule has 114 valence electrons. The summed E-state index contributed by atoms with van der Waals surface area (Å²) in [6.07, 6.45) is 2.06. The van der Waals surface area contributed by atoms with Crippen LogP contribution >= 0.6 is 0 Å². The maximum absolute atomic E-state index is 12.3. The molecule has 1 aliphatic rings. The number of amides is 2. The number of aliphatic carboxylic acids is 1. The first-order valence-electron chi connectivity index (χ1n) is 6.94. The Balaban J connectivity index is 2.66. The molecule has 0 aromatic carbocycles. The highest BCUT2D eigenvalue weighted by Crippen LogP contribution is 2.20. The number of hydrogen-bond donors (Lipinski definition) is 3. The second-order valence-corrected chi connectivity index (χ2v) is 5.21. The van der Waals surface area contributed by atoms with Crippen molar-refractivity contribution >= 4 is 17.8 Å². The lowest BCUT2D eigenvalue weighted by Crippen LogP contribution is -2.53. The summed E-state index contributed by atoms with van der Waals surface area (Å²) in [6.45, 7) is 3.92. The van der Waals surface area contributed by atoms with Gasteiger partial charge in [0.05, 0.1) is 6.04 Å². The van der Waals surface area contributed by atoms with Gasteiger partial charge in [-0.25, -0.2) is 0 Å². The molecule has 1 fully saturated rings. The zero-order valence-corrected chi connectivity index (χ0v) is 12.0. The highest BCUT2D eigenvalue weighted by molar-refractivity contribution is 5.91. The molecule has 3 atom stereocenters. The zero-order chi connectivity index (χ0) is 15.3. The minimum Gasteiger partial charge on any atom is -0.480 e. The third-order valence-electron chi connectivity index (χ3n) is 3.79. The van der Waals surface area contributed by atoms with Crippen molar-refractivity contribution in [2.24, 2.45) is 11.7 Å². The Labute approximate surface area is 118 Å². The first-order chi connectivity index (χ1) is 9.38. The van der Waals surface area contributed by atoms with Gasteiger partial charge in [0, 0.05) is 6.54 Å². The van der Waals surface area contributed by atoms with Gasteiger partial charge in [-0.2, -0.15) is 0 Å². The number of nitrogens with zero attached hydrogens (tertiary/aromatic N) is 1. The van der Waals surface area contributed by atoms with E-state index < -0.39 is 30.5 Å². The van der Waals surface area contributed by atoms with Crippen LogP contribution in [0.5, 0.6) is 0 Å². The van der Waals surface area contributed by atoms with Crippen molar-refractivity contribution in [1.82, 2.24) is 10.2 Å². The van der Waals surface area contributed by atoms with Crippen LogP contribution in [0, 0.1) is 5.92 Å². The molecule has 1 aliphatic heterocycles. The van der Waals surface area contributed by atoms with Crippen molar-refractivity contribution in [2.45, 2.75) is 45.2 Å². The van der Waals surface area contributed by atoms with Crippen LogP contribution in [-0.4, -0.2) is 53.0 Å². The lowest BCUT2D eigenvalue weighted by molar-refractivity contribution is -0.141. The molecule has 1 heterocycles. The molecule has 0 bridgehead atoms. The maximum atomic E-state index is 12.3. The summed E-state index contributed by atoms with van der Waals surface area (Å²) in [5.41, 5.74) is 5.92. The lowest BCUT2D eigenvalue weighted by Gasteiger charge is -2.28. The number of hydrogen-bond acceptors (Lipinski definition) is 4. The molecule has 1 saturated heterocycles. The van der Waals surface area contributed by atoms with Crippen molar-refractivity contribution < 1.29 is 19.5 Å². The van der Waals surface area contributed by atoms with E-state index in [2.05, 4.69) is 5.32 Å². The van der Waals surface area contributed by atoms with Crippen LogP contribution in [0.3, 0.4) is 0 Å². The summed E-state index contributed by atoms with van der Waals surface area (Å²) in [5.74, 6) is -1.71. The smallest absolute Gasteiger partial charge is 0.322 e. The summed E-state index contributed by atoms with van der Waals surface area (Å²) in [6, 6.07) is -1.22. The van der Waals surface area contributed by atoms with E-state index in [1.54, 1.807) is 0 Å². The number of nitrogens with two attached hydrogens (primary N) is 1. The fraction of sp³-hybridized carbons (Fsp3) is 0.769. The van der Waals surface area contributed by atoms with Gasteiger partial charge >= 0.3 is 5.97 Å². The van der Waals surface area contributed by atoms with Crippen LogP contribution < -0.4 is 11.1 Å². The summed E-state index contributed by atoms with van der Waals surface area (Å²) >= 11 is 0. The van der Waals surface area contributed by atoms with Crippen LogP contribution in [0.2, 0.25) is 0 Å². The number of carboxylic acid groups (broad SMARTS) is 1. The Morgan fingerprint density at radius 1 is 1.45 bits per heavy atom. The monoisotopic (exact) mass is 285 g/mol. The topological polar surface area (TPSA) is 113 Å². The lowest BCUT2D eigenvalue weighted by atomic mass is 9.98. The number of nitrogens with one attached hydrogen (secondary N) is 1. The highest BCUT2D eigenvalue weighted by atomic mass is 16.4. The summed E-state index contributed by atoms with van der Waals surface area (Å²) in [4.78, 5) is 36.2. The minimum atomic E-state index is -1.11.